The molecular weight excluding hydrogens is 151 g/mol. The zero-order chi connectivity index (χ0) is 5.91. The van der Waals surface area contributed by atoms with Crippen LogP contribution in [0, 0.1) is 0 Å². The molecule has 0 amide bonds. The molecule has 0 aromatic rings. The Hall–Kier alpha value is 0.920. The smallest absolute Gasteiger partial charge is 0.0823 e. The van der Waals surface area contributed by atoms with Crippen LogP contribution in [-0.4, -0.2) is 22.9 Å². The molecular formula is C2H7O2PS2. The lowest BCUT2D eigenvalue weighted by atomic mass is 11.7. The van der Waals surface area contributed by atoms with E-state index in [0.29, 0.717) is 0 Å². The number of aliphatic hydroxyl groups is 2. The van der Waals surface area contributed by atoms with Gasteiger partial charge < -0.3 is 10.2 Å². The molecule has 0 bridgehead atoms. The average Bonchev–Trinajstić information content (AvgIpc) is 1.68. The lowest BCUT2D eigenvalue weighted by Crippen LogP contribution is -1.84. The fraction of sp³-hybridized carbons (Fsp3) is 1.00. The van der Waals surface area contributed by atoms with E-state index in [4.69, 9.17) is 10.2 Å². The molecule has 0 aliphatic heterocycles. The van der Waals surface area contributed by atoms with Gasteiger partial charge in [-0.2, -0.15) is 0 Å². The van der Waals surface area contributed by atoms with E-state index in [1.165, 1.54) is 0 Å². The molecule has 0 radical (unpaired) electrons. The van der Waals surface area contributed by atoms with Crippen molar-refractivity contribution in [3.63, 3.8) is 0 Å². The summed E-state index contributed by atoms with van der Waals surface area (Å²) in [7, 11) is 0. The number of aliphatic hydroxyl groups excluding tert-OH is 2. The summed E-state index contributed by atoms with van der Waals surface area (Å²) < 4.78 is 0. The second kappa shape index (κ2) is 3.05. The van der Waals surface area contributed by atoms with Crippen molar-refractivity contribution in [2.45, 2.75) is 0 Å². The molecule has 2 N–H and O–H groups in total. The standard InChI is InChI=1S/C2H7O2PS2/c3-1-5(6,7)2-4/h3-4H,1-2H2,(H,6,7). The van der Waals surface area contributed by atoms with Crippen molar-refractivity contribution in [2.75, 3.05) is 12.7 Å². The summed E-state index contributed by atoms with van der Waals surface area (Å²) >= 11 is 8.43. The first-order valence-corrected chi connectivity index (χ1v) is 5.97. The Bertz CT molecular complexity index is 85.7. The quantitative estimate of drug-likeness (QED) is 0.397. The van der Waals surface area contributed by atoms with Crippen molar-refractivity contribution in [3.8, 4) is 0 Å². The van der Waals surface area contributed by atoms with E-state index in [2.05, 4.69) is 24.1 Å². The Labute approximate surface area is 52.7 Å². The van der Waals surface area contributed by atoms with E-state index >= 15 is 0 Å². The predicted molar refractivity (Wildman–Crippen MR) is 37.4 cm³/mol. The molecule has 0 heterocycles. The van der Waals surface area contributed by atoms with Gasteiger partial charge in [0.05, 0.1) is 17.9 Å². The molecule has 0 aliphatic rings. The van der Waals surface area contributed by atoms with E-state index < -0.39 is 5.24 Å². The van der Waals surface area contributed by atoms with Crippen molar-refractivity contribution in [3.05, 3.63) is 0 Å². The number of hydrogen-bond donors (Lipinski definition) is 3. The molecule has 0 aromatic carbocycles. The van der Waals surface area contributed by atoms with Crippen LogP contribution in [0.4, 0.5) is 0 Å². The van der Waals surface area contributed by atoms with Crippen LogP contribution in [0.2, 0.25) is 0 Å². The Balaban J connectivity index is 3.61. The highest BCUT2D eigenvalue weighted by molar-refractivity contribution is 8.63. The first-order chi connectivity index (χ1) is 3.12. The SMILES string of the molecule is OCP(=S)(S)CO. The minimum atomic E-state index is -2.02. The van der Waals surface area contributed by atoms with Crippen LogP contribution in [0.5, 0.6) is 0 Å². The summed E-state index contributed by atoms with van der Waals surface area (Å²) in [5, 5.41) is 14.6. The maximum atomic E-state index is 8.30. The van der Waals surface area contributed by atoms with Crippen LogP contribution in [0.3, 0.4) is 0 Å². The molecule has 0 rings (SSSR count). The van der Waals surface area contributed by atoms with Gasteiger partial charge in [0, 0.05) is 0 Å². The lowest BCUT2D eigenvalue weighted by molar-refractivity contribution is 0.346. The minimum absolute atomic E-state index is 0.165. The third kappa shape index (κ3) is 3.50. The highest BCUT2D eigenvalue weighted by Gasteiger charge is 2.04. The summed E-state index contributed by atoms with van der Waals surface area (Å²) in [6, 6.07) is 0. The molecule has 5 heteroatoms. The molecule has 0 saturated heterocycles. The van der Waals surface area contributed by atoms with Gasteiger partial charge in [0.25, 0.3) is 0 Å². The van der Waals surface area contributed by atoms with Crippen LogP contribution in [-0.2, 0) is 11.8 Å². The third-order valence-electron chi connectivity index (χ3n) is 0.442. The highest BCUT2D eigenvalue weighted by atomic mass is 32.9. The zero-order valence-corrected chi connectivity index (χ0v) is 6.22. The number of hydrogen-bond acceptors (Lipinski definition) is 3. The number of rotatable bonds is 2. The summed E-state index contributed by atoms with van der Waals surface area (Å²) in [6.45, 7) is 0. The molecule has 0 saturated carbocycles. The Morgan fingerprint density at radius 2 is 1.71 bits per heavy atom. The van der Waals surface area contributed by atoms with E-state index in [1.807, 2.05) is 0 Å². The molecule has 44 valence electrons. The summed E-state index contributed by atoms with van der Waals surface area (Å²) in [5.74, 6) is 0. The normalized spacial score (nSPS) is 11.9. The van der Waals surface area contributed by atoms with Crippen LogP contribution >= 0.6 is 17.5 Å². The Morgan fingerprint density at radius 1 is 1.43 bits per heavy atom. The average molecular weight is 158 g/mol. The Morgan fingerprint density at radius 3 is 1.71 bits per heavy atom. The fourth-order valence-electron chi connectivity index (χ4n) is 0.0447. The van der Waals surface area contributed by atoms with Gasteiger partial charge in [0.2, 0.25) is 0 Å². The van der Waals surface area contributed by atoms with Gasteiger partial charge in [0.1, 0.15) is 0 Å². The minimum Gasteiger partial charge on any atom is -0.390 e. The molecule has 0 atom stereocenters. The highest BCUT2D eigenvalue weighted by Crippen LogP contribution is 2.48. The van der Waals surface area contributed by atoms with Gasteiger partial charge in [-0.3, -0.25) is 0 Å². The van der Waals surface area contributed by atoms with E-state index in [1.54, 1.807) is 0 Å². The maximum absolute atomic E-state index is 8.30. The van der Waals surface area contributed by atoms with Crippen molar-refractivity contribution in [1.29, 1.82) is 0 Å². The maximum Gasteiger partial charge on any atom is 0.0823 e. The van der Waals surface area contributed by atoms with Gasteiger partial charge in [-0.1, -0.05) is 11.8 Å². The molecule has 0 aromatic heterocycles. The molecule has 0 spiro atoms. The van der Waals surface area contributed by atoms with Crippen LogP contribution in [0.1, 0.15) is 0 Å². The molecule has 0 unspecified atom stereocenters. The second-order valence-corrected chi connectivity index (χ2v) is 8.59. The van der Waals surface area contributed by atoms with Gasteiger partial charge in [-0.05, 0) is 0 Å². The summed E-state index contributed by atoms with van der Waals surface area (Å²) in [5.41, 5.74) is 0. The topological polar surface area (TPSA) is 40.5 Å². The predicted octanol–water partition coefficient (Wildman–Crippen LogP) is 0.210. The zero-order valence-electron chi connectivity index (χ0n) is 3.61. The van der Waals surface area contributed by atoms with Gasteiger partial charge in [0.15, 0.2) is 0 Å². The van der Waals surface area contributed by atoms with Gasteiger partial charge in [-0.25, -0.2) is 0 Å². The lowest BCUT2D eigenvalue weighted by Gasteiger charge is -2.04. The first-order valence-electron chi connectivity index (χ1n) is 1.65. The molecule has 7 heavy (non-hydrogen) atoms. The van der Waals surface area contributed by atoms with E-state index in [9.17, 15) is 0 Å². The van der Waals surface area contributed by atoms with Crippen molar-refractivity contribution >= 4 is 29.3 Å². The number of thiol groups is 1. The van der Waals surface area contributed by atoms with Crippen LogP contribution < -0.4 is 0 Å². The summed E-state index contributed by atoms with van der Waals surface area (Å²) in [4.78, 5) is 0. The van der Waals surface area contributed by atoms with Crippen LogP contribution in [0.15, 0.2) is 0 Å². The van der Waals surface area contributed by atoms with E-state index in [-0.39, 0.29) is 12.7 Å². The molecule has 0 aliphatic carbocycles. The van der Waals surface area contributed by atoms with Crippen molar-refractivity contribution in [1.82, 2.24) is 0 Å². The van der Waals surface area contributed by atoms with Gasteiger partial charge >= 0.3 is 0 Å². The third-order valence-corrected chi connectivity index (χ3v) is 2.78. The first kappa shape index (κ1) is 7.92. The Kier molecular flexibility index (Phi) is 3.45. The summed E-state index contributed by atoms with van der Waals surface area (Å²) in [6.07, 6.45) is -0.329. The van der Waals surface area contributed by atoms with Gasteiger partial charge in [-0.15, -0.1) is 12.2 Å². The fourth-order valence-corrected chi connectivity index (χ4v) is 0.134. The monoisotopic (exact) mass is 158 g/mol. The largest absolute Gasteiger partial charge is 0.390 e. The van der Waals surface area contributed by atoms with Crippen LogP contribution in [0.25, 0.3) is 0 Å². The molecule has 0 fully saturated rings. The van der Waals surface area contributed by atoms with Crippen molar-refractivity contribution in [2.24, 2.45) is 0 Å². The second-order valence-electron chi connectivity index (χ2n) is 1.13. The van der Waals surface area contributed by atoms with Crippen molar-refractivity contribution < 1.29 is 10.2 Å². The molecule has 2 nitrogen and oxygen atoms in total. The van der Waals surface area contributed by atoms with E-state index in [0.717, 1.165) is 0 Å².